The van der Waals surface area contributed by atoms with Gasteiger partial charge in [0.15, 0.2) is 11.4 Å². The summed E-state index contributed by atoms with van der Waals surface area (Å²) >= 11 is 0. The second-order valence-electron chi connectivity index (χ2n) is 2.66. The molecule has 0 spiro atoms. The predicted molar refractivity (Wildman–Crippen MR) is 47.9 cm³/mol. The first-order valence-electron chi connectivity index (χ1n) is 3.82. The maximum atomic E-state index is 5.43. The summed E-state index contributed by atoms with van der Waals surface area (Å²) in [6, 6.07) is 3.63. The van der Waals surface area contributed by atoms with Gasteiger partial charge in [0.1, 0.15) is 0 Å². The summed E-state index contributed by atoms with van der Waals surface area (Å²) in [5.74, 6) is 3.14. The van der Waals surface area contributed by atoms with Crippen LogP contribution in [0.25, 0.3) is 0 Å². The van der Waals surface area contributed by atoms with Crippen molar-refractivity contribution in [2.45, 2.75) is 20.0 Å². The van der Waals surface area contributed by atoms with Gasteiger partial charge in [0, 0.05) is 6.20 Å². The van der Waals surface area contributed by atoms with E-state index in [1.54, 1.807) is 12.3 Å². The fourth-order valence-electron chi connectivity index (χ4n) is 0.848. The molecule has 1 aromatic rings. The first-order chi connectivity index (χ1) is 5.74. The van der Waals surface area contributed by atoms with Gasteiger partial charge in [-0.25, -0.2) is 4.98 Å². The number of terminal acetylenes is 1. The van der Waals surface area contributed by atoms with E-state index in [4.69, 9.17) is 11.2 Å². The molecule has 0 aliphatic rings. The van der Waals surface area contributed by atoms with Crippen molar-refractivity contribution in [2.75, 3.05) is 0 Å². The molecule has 1 heterocycles. The van der Waals surface area contributed by atoms with Crippen LogP contribution in [0.5, 0.6) is 5.75 Å². The van der Waals surface area contributed by atoms with Crippen molar-refractivity contribution < 1.29 is 4.74 Å². The molecular weight excluding hydrogens is 150 g/mol. The van der Waals surface area contributed by atoms with Crippen molar-refractivity contribution in [1.29, 1.82) is 0 Å². The Morgan fingerprint density at radius 2 is 2.33 bits per heavy atom. The summed E-state index contributed by atoms with van der Waals surface area (Å²) in [6.07, 6.45) is 7.02. The van der Waals surface area contributed by atoms with E-state index in [2.05, 4.69) is 10.9 Å². The Bertz CT molecular complexity index is 299. The third kappa shape index (κ3) is 2.00. The Hall–Kier alpha value is -1.49. The zero-order valence-corrected chi connectivity index (χ0v) is 7.24. The number of rotatable bonds is 2. The number of nitrogens with zero attached hydrogens (tertiary/aromatic N) is 1. The van der Waals surface area contributed by atoms with E-state index in [0.29, 0.717) is 11.4 Å². The summed E-state index contributed by atoms with van der Waals surface area (Å²) in [6.45, 7) is 3.90. The molecule has 0 fully saturated rings. The first-order valence-corrected chi connectivity index (χ1v) is 3.82. The van der Waals surface area contributed by atoms with E-state index in [1.807, 2.05) is 19.9 Å². The van der Waals surface area contributed by atoms with Gasteiger partial charge in [-0.1, -0.05) is 0 Å². The highest BCUT2D eigenvalue weighted by Gasteiger charge is 2.02. The number of hydrogen-bond donors (Lipinski definition) is 0. The van der Waals surface area contributed by atoms with Crippen LogP contribution < -0.4 is 4.74 Å². The first kappa shape index (κ1) is 8.61. The van der Waals surface area contributed by atoms with Crippen molar-refractivity contribution >= 4 is 0 Å². The van der Waals surface area contributed by atoms with Gasteiger partial charge < -0.3 is 4.74 Å². The third-order valence-electron chi connectivity index (χ3n) is 1.27. The lowest BCUT2D eigenvalue weighted by Crippen LogP contribution is -2.07. The Kier molecular flexibility index (Phi) is 2.71. The van der Waals surface area contributed by atoms with E-state index in [-0.39, 0.29) is 6.10 Å². The summed E-state index contributed by atoms with van der Waals surface area (Å²) in [7, 11) is 0. The number of ether oxygens (including phenoxy) is 1. The minimum Gasteiger partial charge on any atom is -0.488 e. The van der Waals surface area contributed by atoms with Gasteiger partial charge in [0.2, 0.25) is 0 Å². The second kappa shape index (κ2) is 3.77. The number of aromatic nitrogens is 1. The third-order valence-corrected chi connectivity index (χ3v) is 1.27. The topological polar surface area (TPSA) is 22.1 Å². The van der Waals surface area contributed by atoms with Crippen molar-refractivity contribution in [1.82, 2.24) is 4.98 Å². The molecule has 0 radical (unpaired) electrons. The molecule has 0 saturated carbocycles. The number of pyridine rings is 1. The molecule has 0 aromatic carbocycles. The van der Waals surface area contributed by atoms with E-state index in [1.165, 1.54) is 0 Å². The van der Waals surface area contributed by atoms with Gasteiger partial charge in [0.25, 0.3) is 0 Å². The Morgan fingerprint density at radius 1 is 1.58 bits per heavy atom. The monoisotopic (exact) mass is 161 g/mol. The van der Waals surface area contributed by atoms with Crippen LogP contribution in [0.4, 0.5) is 0 Å². The average molecular weight is 161 g/mol. The lowest BCUT2D eigenvalue weighted by atomic mass is 10.3. The van der Waals surface area contributed by atoms with E-state index >= 15 is 0 Å². The van der Waals surface area contributed by atoms with Gasteiger partial charge in [0.05, 0.1) is 6.10 Å². The van der Waals surface area contributed by atoms with Crippen LogP contribution in [-0.2, 0) is 0 Å². The molecule has 0 amide bonds. The van der Waals surface area contributed by atoms with E-state index in [9.17, 15) is 0 Å². The Morgan fingerprint density at radius 3 is 2.92 bits per heavy atom. The van der Waals surface area contributed by atoms with Crippen molar-refractivity contribution in [2.24, 2.45) is 0 Å². The predicted octanol–water partition coefficient (Wildman–Crippen LogP) is 1.85. The Labute approximate surface area is 72.6 Å². The summed E-state index contributed by atoms with van der Waals surface area (Å²) < 4.78 is 5.43. The molecule has 0 bridgehead atoms. The maximum Gasteiger partial charge on any atom is 0.154 e. The Balaban J connectivity index is 2.91. The summed E-state index contributed by atoms with van der Waals surface area (Å²) in [5.41, 5.74) is 0.561. The fraction of sp³-hybridized carbons (Fsp3) is 0.300. The number of hydrogen-bond acceptors (Lipinski definition) is 2. The maximum absolute atomic E-state index is 5.43. The lowest BCUT2D eigenvalue weighted by molar-refractivity contribution is 0.241. The van der Waals surface area contributed by atoms with Crippen LogP contribution in [0.15, 0.2) is 18.3 Å². The molecule has 2 heteroatoms. The van der Waals surface area contributed by atoms with E-state index < -0.39 is 0 Å². The fourth-order valence-corrected chi connectivity index (χ4v) is 0.848. The average Bonchev–Trinajstić information content (AvgIpc) is 2.04. The van der Waals surface area contributed by atoms with Crippen molar-refractivity contribution in [3.05, 3.63) is 24.0 Å². The van der Waals surface area contributed by atoms with E-state index in [0.717, 1.165) is 0 Å². The van der Waals surface area contributed by atoms with Gasteiger partial charge in [-0.05, 0) is 31.9 Å². The molecule has 0 aliphatic carbocycles. The zero-order valence-electron chi connectivity index (χ0n) is 7.24. The molecule has 0 atom stereocenters. The smallest absolute Gasteiger partial charge is 0.154 e. The molecule has 62 valence electrons. The standard InChI is InChI=1S/C10H11NO/c1-4-9-10(12-8(2)3)6-5-7-11-9/h1,5-8H,2-3H3. The van der Waals surface area contributed by atoms with Crippen LogP contribution in [0.1, 0.15) is 19.5 Å². The van der Waals surface area contributed by atoms with Crippen LogP contribution in [0.2, 0.25) is 0 Å². The minimum atomic E-state index is 0.126. The largest absolute Gasteiger partial charge is 0.488 e. The van der Waals surface area contributed by atoms with Gasteiger partial charge >= 0.3 is 0 Å². The molecule has 2 nitrogen and oxygen atoms in total. The van der Waals surface area contributed by atoms with Crippen LogP contribution in [0, 0.1) is 12.3 Å². The van der Waals surface area contributed by atoms with Crippen LogP contribution >= 0.6 is 0 Å². The molecule has 0 unspecified atom stereocenters. The molecule has 1 rings (SSSR count). The minimum absolute atomic E-state index is 0.126. The highest BCUT2D eigenvalue weighted by Crippen LogP contribution is 2.15. The highest BCUT2D eigenvalue weighted by molar-refractivity contribution is 5.38. The lowest BCUT2D eigenvalue weighted by Gasteiger charge is -2.09. The molecule has 12 heavy (non-hydrogen) atoms. The van der Waals surface area contributed by atoms with Crippen LogP contribution in [-0.4, -0.2) is 11.1 Å². The van der Waals surface area contributed by atoms with Gasteiger partial charge in [-0.3, -0.25) is 0 Å². The normalized spacial score (nSPS) is 9.50. The van der Waals surface area contributed by atoms with Crippen molar-refractivity contribution in [3.8, 4) is 18.1 Å². The second-order valence-corrected chi connectivity index (χ2v) is 2.66. The molecular formula is C10H11NO. The van der Waals surface area contributed by atoms with Gasteiger partial charge in [-0.15, -0.1) is 6.42 Å². The summed E-state index contributed by atoms with van der Waals surface area (Å²) in [5, 5.41) is 0. The molecule has 0 saturated heterocycles. The molecule has 0 N–H and O–H groups in total. The SMILES string of the molecule is C#Cc1ncccc1OC(C)C. The van der Waals surface area contributed by atoms with Crippen molar-refractivity contribution in [3.63, 3.8) is 0 Å². The molecule has 0 aliphatic heterocycles. The van der Waals surface area contributed by atoms with Crippen LogP contribution in [0.3, 0.4) is 0 Å². The molecule has 1 aromatic heterocycles. The van der Waals surface area contributed by atoms with Gasteiger partial charge in [-0.2, -0.15) is 0 Å². The summed E-state index contributed by atoms with van der Waals surface area (Å²) in [4.78, 5) is 3.99. The zero-order chi connectivity index (χ0) is 8.97. The quantitative estimate of drug-likeness (QED) is 0.617. The highest BCUT2D eigenvalue weighted by atomic mass is 16.5.